The molecular weight excluding hydrogens is 292 g/mol. The van der Waals surface area contributed by atoms with E-state index in [1.54, 1.807) is 0 Å². The van der Waals surface area contributed by atoms with Crippen LogP contribution in [-0.4, -0.2) is 11.9 Å². The van der Waals surface area contributed by atoms with Gasteiger partial charge in [0.2, 0.25) is 5.91 Å². The number of benzene rings is 1. The van der Waals surface area contributed by atoms with Gasteiger partial charge in [-0.2, -0.15) is 0 Å². The van der Waals surface area contributed by atoms with Gasteiger partial charge in [0.05, 0.1) is 12.1 Å². The maximum atomic E-state index is 11.9. The van der Waals surface area contributed by atoms with Gasteiger partial charge in [0, 0.05) is 4.47 Å². The zero-order chi connectivity index (χ0) is 13.5. The molecule has 0 saturated carbocycles. The summed E-state index contributed by atoms with van der Waals surface area (Å²) in [7, 11) is 0. The van der Waals surface area contributed by atoms with Crippen molar-refractivity contribution in [1.82, 2.24) is 5.32 Å². The number of carbonyl (C=O) groups is 1. The molecule has 0 radical (unpaired) electrons. The van der Waals surface area contributed by atoms with Gasteiger partial charge < -0.3 is 11.1 Å². The Labute approximate surface area is 117 Å². The summed E-state index contributed by atoms with van der Waals surface area (Å²) in [6.45, 7) is 4.06. The lowest BCUT2D eigenvalue weighted by atomic mass is 10.1. The van der Waals surface area contributed by atoms with Crippen molar-refractivity contribution in [3.8, 4) is 0 Å². The molecule has 0 bridgehead atoms. The van der Waals surface area contributed by atoms with Crippen LogP contribution in [0.4, 0.5) is 0 Å². The highest BCUT2D eigenvalue weighted by atomic mass is 79.9. The van der Waals surface area contributed by atoms with Gasteiger partial charge in [-0.1, -0.05) is 47.8 Å². The molecule has 1 aromatic rings. The molecule has 1 unspecified atom stereocenters. The monoisotopic (exact) mass is 312 g/mol. The molecule has 0 saturated heterocycles. The van der Waals surface area contributed by atoms with Gasteiger partial charge in [0.1, 0.15) is 0 Å². The number of unbranched alkanes of at least 4 members (excludes halogenated alkanes) is 1. The van der Waals surface area contributed by atoms with E-state index in [1.807, 2.05) is 31.2 Å². The second-order valence-corrected chi connectivity index (χ2v) is 5.45. The Kier molecular flexibility index (Phi) is 6.36. The Morgan fingerprint density at radius 2 is 2.00 bits per heavy atom. The number of hydrogen-bond acceptors (Lipinski definition) is 2. The van der Waals surface area contributed by atoms with Crippen LogP contribution in [0.15, 0.2) is 28.7 Å². The molecule has 0 aliphatic heterocycles. The molecule has 3 nitrogen and oxygen atoms in total. The molecule has 1 rings (SSSR count). The predicted molar refractivity (Wildman–Crippen MR) is 78.2 cm³/mol. The lowest BCUT2D eigenvalue weighted by molar-refractivity contribution is -0.123. The van der Waals surface area contributed by atoms with Gasteiger partial charge in [-0.05, 0) is 31.0 Å². The summed E-state index contributed by atoms with van der Waals surface area (Å²) in [5.41, 5.74) is 6.91. The average Bonchev–Trinajstić information content (AvgIpc) is 2.36. The summed E-state index contributed by atoms with van der Waals surface area (Å²) in [5, 5.41) is 2.95. The lowest BCUT2D eigenvalue weighted by Gasteiger charge is -2.17. The number of nitrogens with two attached hydrogens (primary N) is 1. The summed E-state index contributed by atoms with van der Waals surface area (Å²) >= 11 is 3.39. The minimum atomic E-state index is -0.400. The van der Waals surface area contributed by atoms with Crippen LogP contribution in [0.2, 0.25) is 0 Å². The summed E-state index contributed by atoms with van der Waals surface area (Å²) in [4.78, 5) is 11.9. The number of rotatable bonds is 6. The van der Waals surface area contributed by atoms with Crippen molar-refractivity contribution in [2.75, 3.05) is 0 Å². The van der Waals surface area contributed by atoms with Crippen molar-refractivity contribution in [1.29, 1.82) is 0 Å². The Hall–Kier alpha value is -0.870. The van der Waals surface area contributed by atoms with Crippen LogP contribution >= 0.6 is 15.9 Å². The number of halogens is 1. The van der Waals surface area contributed by atoms with Crippen molar-refractivity contribution in [2.45, 2.75) is 45.2 Å². The molecule has 0 aliphatic carbocycles. The third-order valence-electron chi connectivity index (χ3n) is 2.93. The molecule has 2 atom stereocenters. The van der Waals surface area contributed by atoms with Crippen LogP contribution in [0.1, 0.15) is 44.7 Å². The highest BCUT2D eigenvalue weighted by molar-refractivity contribution is 9.10. The van der Waals surface area contributed by atoms with Crippen molar-refractivity contribution >= 4 is 21.8 Å². The molecule has 0 aliphatic rings. The maximum absolute atomic E-state index is 11.9. The Bertz CT molecular complexity index is 378. The van der Waals surface area contributed by atoms with E-state index >= 15 is 0 Å². The van der Waals surface area contributed by atoms with Crippen molar-refractivity contribution in [3.63, 3.8) is 0 Å². The molecule has 3 N–H and O–H groups in total. The Morgan fingerprint density at radius 1 is 1.39 bits per heavy atom. The number of carbonyl (C=O) groups excluding carboxylic acids is 1. The molecule has 0 spiro atoms. The summed E-state index contributed by atoms with van der Waals surface area (Å²) < 4.78 is 1.03. The minimum absolute atomic E-state index is 0.0155. The van der Waals surface area contributed by atoms with Crippen LogP contribution in [0.25, 0.3) is 0 Å². The fourth-order valence-corrected chi connectivity index (χ4v) is 1.97. The zero-order valence-electron chi connectivity index (χ0n) is 10.9. The minimum Gasteiger partial charge on any atom is -0.348 e. The first-order valence-corrected chi connectivity index (χ1v) is 7.15. The first-order valence-electron chi connectivity index (χ1n) is 6.36. The fraction of sp³-hybridized carbons (Fsp3) is 0.500. The largest absolute Gasteiger partial charge is 0.348 e. The van der Waals surface area contributed by atoms with Crippen LogP contribution < -0.4 is 11.1 Å². The first-order chi connectivity index (χ1) is 8.54. The smallest absolute Gasteiger partial charge is 0.237 e. The Morgan fingerprint density at radius 3 is 2.56 bits per heavy atom. The molecular formula is C14H21BrN2O. The van der Waals surface area contributed by atoms with Crippen LogP contribution in [0, 0.1) is 0 Å². The molecule has 100 valence electrons. The molecule has 4 heteroatoms. The topological polar surface area (TPSA) is 55.1 Å². The normalized spacial score (nSPS) is 14.0. The third-order valence-corrected chi connectivity index (χ3v) is 3.46. The highest BCUT2D eigenvalue weighted by Crippen LogP contribution is 2.16. The van der Waals surface area contributed by atoms with Gasteiger partial charge in [-0.15, -0.1) is 0 Å². The van der Waals surface area contributed by atoms with E-state index in [0.717, 1.165) is 29.3 Å². The van der Waals surface area contributed by atoms with E-state index in [4.69, 9.17) is 5.73 Å². The molecule has 0 aromatic heterocycles. The molecule has 18 heavy (non-hydrogen) atoms. The Balaban J connectivity index is 2.51. The van der Waals surface area contributed by atoms with Gasteiger partial charge in [-0.3, -0.25) is 4.79 Å². The maximum Gasteiger partial charge on any atom is 0.237 e. The van der Waals surface area contributed by atoms with E-state index in [9.17, 15) is 4.79 Å². The van der Waals surface area contributed by atoms with Gasteiger partial charge in [0.25, 0.3) is 0 Å². The number of amides is 1. The quantitative estimate of drug-likeness (QED) is 0.847. The van der Waals surface area contributed by atoms with Crippen LogP contribution in [0.5, 0.6) is 0 Å². The molecule has 1 amide bonds. The SMILES string of the molecule is CCCCC(N)C(=O)N[C@@H](C)c1ccc(Br)cc1. The number of nitrogens with one attached hydrogen (secondary N) is 1. The fourth-order valence-electron chi connectivity index (χ4n) is 1.71. The van der Waals surface area contributed by atoms with E-state index in [-0.39, 0.29) is 11.9 Å². The van der Waals surface area contributed by atoms with Crippen LogP contribution in [0.3, 0.4) is 0 Å². The number of hydrogen-bond donors (Lipinski definition) is 2. The third kappa shape index (κ3) is 4.78. The van der Waals surface area contributed by atoms with E-state index < -0.39 is 6.04 Å². The van der Waals surface area contributed by atoms with E-state index in [0.29, 0.717) is 0 Å². The van der Waals surface area contributed by atoms with Crippen molar-refractivity contribution in [3.05, 3.63) is 34.3 Å². The lowest BCUT2D eigenvalue weighted by Crippen LogP contribution is -2.41. The summed E-state index contributed by atoms with van der Waals surface area (Å²) in [5.74, 6) is -0.0705. The molecule has 0 heterocycles. The van der Waals surface area contributed by atoms with Gasteiger partial charge >= 0.3 is 0 Å². The average molecular weight is 313 g/mol. The standard InChI is InChI=1S/C14H21BrN2O/c1-3-4-5-13(16)14(18)17-10(2)11-6-8-12(15)9-7-11/h6-10,13H,3-5,16H2,1-2H3,(H,17,18)/t10-,13?/m0/s1. The van der Waals surface area contributed by atoms with Gasteiger partial charge in [0.15, 0.2) is 0 Å². The first kappa shape index (κ1) is 15.2. The zero-order valence-corrected chi connectivity index (χ0v) is 12.5. The van der Waals surface area contributed by atoms with Crippen LogP contribution in [-0.2, 0) is 4.79 Å². The van der Waals surface area contributed by atoms with E-state index in [1.165, 1.54) is 0 Å². The summed E-state index contributed by atoms with van der Waals surface area (Å²) in [6, 6.07) is 7.50. The van der Waals surface area contributed by atoms with E-state index in [2.05, 4.69) is 28.2 Å². The second-order valence-electron chi connectivity index (χ2n) is 4.53. The van der Waals surface area contributed by atoms with Gasteiger partial charge in [-0.25, -0.2) is 0 Å². The predicted octanol–water partition coefficient (Wildman–Crippen LogP) is 3.14. The highest BCUT2D eigenvalue weighted by Gasteiger charge is 2.15. The van der Waals surface area contributed by atoms with Crippen molar-refractivity contribution in [2.24, 2.45) is 5.73 Å². The van der Waals surface area contributed by atoms with Crippen molar-refractivity contribution < 1.29 is 4.79 Å². The second kappa shape index (κ2) is 7.54. The molecule has 1 aromatic carbocycles. The summed E-state index contributed by atoms with van der Waals surface area (Å²) in [6.07, 6.45) is 2.79. The molecule has 0 fully saturated rings.